The van der Waals surface area contributed by atoms with Crippen LogP contribution in [0.3, 0.4) is 0 Å². The van der Waals surface area contributed by atoms with E-state index in [-0.39, 0.29) is 4.90 Å². The van der Waals surface area contributed by atoms with Gasteiger partial charge in [0.25, 0.3) is 0 Å². The summed E-state index contributed by atoms with van der Waals surface area (Å²) in [5.41, 5.74) is 6.59. The molecule has 0 spiro atoms. The molecule has 1 unspecified atom stereocenters. The molecular formula is C15H26N2O3S. The maximum absolute atomic E-state index is 11.6. The highest BCUT2D eigenvalue weighted by Gasteiger charge is 2.17. The summed E-state index contributed by atoms with van der Waals surface area (Å²) in [7, 11) is -3.80. The van der Waals surface area contributed by atoms with Gasteiger partial charge >= 0.3 is 0 Å². The molecule has 0 aliphatic heterocycles. The minimum Gasteiger partial charge on any atom is -0.493 e. The number of nitrogen functional groups attached to an aromatic ring is 1. The Morgan fingerprint density at radius 3 is 2.48 bits per heavy atom. The van der Waals surface area contributed by atoms with Crippen LogP contribution in [0.15, 0.2) is 17.0 Å². The zero-order chi connectivity index (χ0) is 16.0. The second-order valence-electron chi connectivity index (χ2n) is 5.41. The molecule has 0 amide bonds. The standard InChI is InChI=1S/C15H26N2O3S/c1-4-6-7-12(5-2)10-20-14-8-13(16)9-15(11(14)3)21(17,18)19/h8-9,12H,4-7,10,16H2,1-3H3,(H2,17,18,19). The molecule has 0 aliphatic rings. The van der Waals surface area contributed by atoms with Gasteiger partial charge in [-0.3, -0.25) is 0 Å². The Kier molecular flexibility index (Phi) is 6.48. The van der Waals surface area contributed by atoms with E-state index >= 15 is 0 Å². The molecule has 5 nitrogen and oxygen atoms in total. The first-order valence-electron chi connectivity index (χ1n) is 7.35. The smallest absolute Gasteiger partial charge is 0.238 e. The second kappa shape index (κ2) is 7.66. The van der Waals surface area contributed by atoms with Crippen LogP contribution >= 0.6 is 0 Å². The molecule has 0 bridgehead atoms. The Morgan fingerprint density at radius 2 is 1.95 bits per heavy atom. The van der Waals surface area contributed by atoms with Gasteiger partial charge in [0.15, 0.2) is 0 Å². The van der Waals surface area contributed by atoms with Crippen LogP contribution in [0, 0.1) is 12.8 Å². The maximum Gasteiger partial charge on any atom is 0.238 e. The first-order valence-corrected chi connectivity index (χ1v) is 8.89. The molecule has 0 saturated heterocycles. The Hall–Kier alpha value is -1.27. The number of anilines is 1. The molecule has 21 heavy (non-hydrogen) atoms. The number of benzene rings is 1. The average molecular weight is 314 g/mol. The normalized spacial score (nSPS) is 13.1. The van der Waals surface area contributed by atoms with Gasteiger partial charge in [-0.25, -0.2) is 13.6 Å². The lowest BCUT2D eigenvalue weighted by Crippen LogP contribution is -2.16. The largest absolute Gasteiger partial charge is 0.493 e. The molecule has 6 heteroatoms. The fourth-order valence-corrected chi connectivity index (χ4v) is 3.06. The number of hydrogen-bond acceptors (Lipinski definition) is 4. The van der Waals surface area contributed by atoms with E-state index in [2.05, 4.69) is 13.8 Å². The molecule has 1 aromatic rings. The summed E-state index contributed by atoms with van der Waals surface area (Å²) >= 11 is 0. The lowest BCUT2D eigenvalue weighted by Gasteiger charge is -2.18. The second-order valence-corrected chi connectivity index (χ2v) is 6.94. The highest BCUT2D eigenvalue weighted by Crippen LogP contribution is 2.29. The van der Waals surface area contributed by atoms with Crippen LogP contribution in [0.2, 0.25) is 0 Å². The third-order valence-corrected chi connectivity index (χ3v) is 4.70. The minimum absolute atomic E-state index is 0.0270. The molecule has 0 saturated carbocycles. The van der Waals surface area contributed by atoms with Crippen LogP contribution in [-0.2, 0) is 10.0 Å². The topological polar surface area (TPSA) is 95.4 Å². The van der Waals surface area contributed by atoms with Crippen molar-refractivity contribution in [2.45, 2.75) is 51.3 Å². The number of hydrogen-bond donors (Lipinski definition) is 2. The minimum atomic E-state index is -3.80. The van der Waals surface area contributed by atoms with Gasteiger partial charge in [-0.05, 0) is 25.3 Å². The third kappa shape index (κ3) is 5.21. The molecule has 0 fully saturated rings. The summed E-state index contributed by atoms with van der Waals surface area (Å²) in [4.78, 5) is 0.0270. The lowest BCUT2D eigenvalue weighted by molar-refractivity contribution is 0.231. The number of primary sulfonamides is 1. The molecule has 1 rings (SSSR count). The zero-order valence-corrected chi connectivity index (χ0v) is 13.9. The van der Waals surface area contributed by atoms with Crippen molar-refractivity contribution in [3.63, 3.8) is 0 Å². The molecule has 4 N–H and O–H groups in total. The van der Waals surface area contributed by atoms with E-state index in [1.54, 1.807) is 13.0 Å². The van der Waals surface area contributed by atoms with E-state index < -0.39 is 10.0 Å². The highest BCUT2D eigenvalue weighted by molar-refractivity contribution is 7.89. The van der Waals surface area contributed by atoms with Crippen molar-refractivity contribution in [1.29, 1.82) is 0 Å². The van der Waals surface area contributed by atoms with Gasteiger partial charge < -0.3 is 10.5 Å². The predicted molar refractivity (Wildman–Crippen MR) is 85.8 cm³/mol. The van der Waals surface area contributed by atoms with Crippen molar-refractivity contribution in [2.24, 2.45) is 11.1 Å². The summed E-state index contributed by atoms with van der Waals surface area (Å²) in [6.07, 6.45) is 4.46. The number of rotatable bonds is 8. The molecule has 1 atom stereocenters. The van der Waals surface area contributed by atoms with E-state index in [0.29, 0.717) is 29.5 Å². The fourth-order valence-electron chi connectivity index (χ4n) is 2.23. The van der Waals surface area contributed by atoms with Crippen molar-refractivity contribution in [2.75, 3.05) is 12.3 Å². The van der Waals surface area contributed by atoms with Gasteiger partial charge in [0.2, 0.25) is 10.0 Å². The van der Waals surface area contributed by atoms with Crippen LogP contribution in [-0.4, -0.2) is 15.0 Å². The Labute approximate surface area is 127 Å². The summed E-state index contributed by atoms with van der Waals surface area (Å²) < 4.78 is 28.9. The van der Waals surface area contributed by atoms with E-state index in [1.807, 2.05) is 0 Å². The third-order valence-electron chi connectivity index (χ3n) is 3.66. The maximum atomic E-state index is 11.6. The molecule has 0 heterocycles. The summed E-state index contributed by atoms with van der Waals surface area (Å²) in [5.74, 6) is 0.956. The fraction of sp³-hybridized carbons (Fsp3) is 0.600. The summed E-state index contributed by atoms with van der Waals surface area (Å²) in [5, 5.41) is 5.20. The molecule has 0 aliphatic carbocycles. The Balaban J connectivity index is 2.91. The zero-order valence-electron chi connectivity index (χ0n) is 13.1. The number of sulfonamides is 1. The molecular weight excluding hydrogens is 288 g/mol. The van der Waals surface area contributed by atoms with Gasteiger partial charge in [0, 0.05) is 17.3 Å². The van der Waals surface area contributed by atoms with Crippen LogP contribution in [0.1, 0.15) is 45.1 Å². The number of nitrogens with two attached hydrogens (primary N) is 2. The molecule has 120 valence electrons. The quantitative estimate of drug-likeness (QED) is 0.721. The van der Waals surface area contributed by atoms with E-state index in [0.717, 1.165) is 19.3 Å². The van der Waals surface area contributed by atoms with Crippen molar-refractivity contribution >= 4 is 15.7 Å². The summed E-state index contributed by atoms with van der Waals surface area (Å²) in [6, 6.07) is 3.02. The number of ether oxygens (including phenoxy) is 1. The highest BCUT2D eigenvalue weighted by atomic mass is 32.2. The van der Waals surface area contributed by atoms with Crippen LogP contribution < -0.4 is 15.6 Å². The van der Waals surface area contributed by atoms with Gasteiger partial charge in [0.05, 0.1) is 11.5 Å². The van der Waals surface area contributed by atoms with Crippen LogP contribution in [0.25, 0.3) is 0 Å². The van der Waals surface area contributed by atoms with Crippen molar-refractivity contribution in [3.8, 4) is 5.75 Å². The lowest BCUT2D eigenvalue weighted by atomic mass is 10.0. The molecule has 0 radical (unpaired) electrons. The SMILES string of the molecule is CCCCC(CC)COc1cc(N)cc(S(N)(=O)=O)c1C. The van der Waals surface area contributed by atoms with Crippen LogP contribution in [0.5, 0.6) is 5.75 Å². The average Bonchev–Trinajstić information content (AvgIpc) is 2.41. The van der Waals surface area contributed by atoms with Gasteiger partial charge in [0.1, 0.15) is 5.75 Å². The van der Waals surface area contributed by atoms with Crippen molar-refractivity contribution in [1.82, 2.24) is 0 Å². The van der Waals surface area contributed by atoms with E-state index in [4.69, 9.17) is 15.6 Å². The Morgan fingerprint density at radius 1 is 1.29 bits per heavy atom. The molecule has 0 aromatic heterocycles. The van der Waals surface area contributed by atoms with E-state index in [9.17, 15) is 8.42 Å². The predicted octanol–water partition coefficient (Wildman–Crippen LogP) is 2.82. The van der Waals surface area contributed by atoms with Crippen molar-refractivity contribution in [3.05, 3.63) is 17.7 Å². The molecule has 1 aromatic carbocycles. The van der Waals surface area contributed by atoms with E-state index in [1.165, 1.54) is 12.5 Å². The Bertz CT molecular complexity index is 571. The first-order chi connectivity index (χ1) is 9.79. The monoisotopic (exact) mass is 314 g/mol. The number of unbranched alkanes of at least 4 members (excludes halogenated alkanes) is 1. The van der Waals surface area contributed by atoms with Gasteiger partial charge in [-0.15, -0.1) is 0 Å². The summed E-state index contributed by atoms with van der Waals surface area (Å²) in [6.45, 7) is 6.53. The van der Waals surface area contributed by atoms with Gasteiger partial charge in [-0.1, -0.05) is 33.1 Å². The van der Waals surface area contributed by atoms with Crippen LogP contribution in [0.4, 0.5) is 5.69 Å². The van der Waals surface area contributed by atoms with Gasteiger partial charge in [-0.2, -0.15) is 0 Å². The first kappa shape index (κ1) is 17.8. The van der Waals surface area contributed by atoms with Crippen molar-refractivity contribution < 1.29 is 13.2 Å².